The Labute approximate surface area is 154 Å². The van der Waals surface area contributed by atoms with Gasteiger partial charge in [-0.15, -0.1) is 0 Å². The Balaban J connectivity index is 1.57. The van der Waals surface area contributed by atoms with Crippen LogP contribution >= 0.6 is 0 Å². The number of ether oxygens (including phenoxy) is 1. The molecule has 26 heavy (non-hydrogen) atoms. The molecule has 4 unspecified atom stereocenters. The minimum Gasteiger partial charge on any atom is -0.497 e. The fourth-order valence-corrected chi connectivity index (χ4v) is 6.71. The first-order chi connectivity index (χ1) is 12.7. The van der Waals surface area contributed by atoms with Gasteiger partial charge in [0.05, 0.1) is 13.7 Å². The van der Waals surface area contributed by atoms with Crippen LogP contribution in [0.1, 0.15) is 36.0 Å². The van der Waals surface area contributed by atoms with Gasteiger partial charge in [0.25, 0.3) is 0 Å². The van der Waals surface area contributed by atoms with Gasteiger partial charge < -0.3 is 9.84 Å². The van der Waals surface area contributed by atoms with Crippen LogP contribution < -0.4 is 4.74 Å². The molecule has 4 aliphatic carbocycles. The van der Waals surface area contributed by atoms with E-state index in [0.29, 0.717) is 0 Å². The highest BCUT2D eigenvalue weighted by atomic mass is 16.5. The first-order valence-electron chi connectivity index (χ1n) is 9.85. The van der Waals surface area contributed by atoms with E-state index in [-0.39, 0.29) is 12.0 Å². The number of rotatable bonds is 2. The van der Waals surface area contributed by atoms with E-state index in [1.165, 1.54) is 41.5 Å². The zero-order valence-electron chi connectivity index (χ0n) is 15.1. The maximum atomic E-state index is 9.72. The van der Waals surface area contributed by atoms with Crippen molar-refractivity contribution in [3.05, 3.63) is 65.2 Å². The summed E-state index contributed by atoms with van der Waals surface area (Å²) in [5, 5.41) is 9.72. The standard InChI is InChI=1S/C24H24O2/c1-26-17-5-7-19-18-6-2-14(13-25)8-22(18)24(23(19)10-17)11-20-15-3-4-16(9-15)21(20)12-24/h2-8,10,15-16,20-21,25H,9,11-13H2,1H3. The Bertz CT molecular complexity index is 866. The Morgan fingerprint density at radius 2 is 1.62 bits per heavy atom. The lowest BCUT2D eigenvalue weighted by molar-refractivity contribution is 0.281. The molecule has 2 saturated carbocycles. The lowest BCUT2D eigenvalue weighted by Gasteiger charge is -2.29. The van der Waals surface area contributed by atoms with Crippen molar-refractivity contribution in [1.29, 1.82) is 0 Å². The van der Waals surface area contributed by atoms with Crippen LogP contribution in [0.2, 0.25) is 0 Å². The number of allylic oxidation sites excluding steroid dienone is 2. The Morgan fingerprint density at radius 1 is 0.962 bits per heavy atom. The molecule has 1 spiro atoms. The van der Waals surface area contributed by atoms with E-state index < -0.39 is 0 Å². The molecular formula is C24H24O2. The van der Waals surface area contributed by atoms with Gasteiger partial charge in [-0.05, 0) is 82.9 Å². The maximum Gasteiger partial charge on any atom is 0.119 e. The highest BCUT2D eigenvalue weighted by Gasteiger charge is 2.58. The number of benzene rings is 2. The van der Waals surface area contributed by atoms with Gasteiger partial charge in [0.15, 0.2) is 0 Å². The smallest absolute Gasteiger partial charge is 0.119 e. The number of hydrogen-bond acceptors (Lipinski definition) is 2. The highest BCUT2D eigenvalue weighted by Crippen LogP contribution is 2.67. The molecule has 1 N–H and O–H groups in total. The molecule has 0 heterocycles. The second-order valence-electron chi connectivity index (χ2n) is 8.72. The van der Waals surface area contributed by atoms with Crippen molar-refractivity contribution in [2.45, 2.75) is 31.3 Å². The van der Waals surface area contributed by atoms with Crippen LogP contribution in [0.5, 0.6) is 5.75 Å². The molecule has 2 heteroatoms. The second kappa shape index (κ2) is 5.01. The van der Waals surface area contributed by atoms with Crippen LogP contribution in [-0.2, 0) is 12.0 Å². The number of aliphatic hydroxyl groups is 1. The van der Waals surface area contributed by atoms with E-state index in [1.807, 2.05) is 0 Å². The number of hydrogen-bond donors (Lipinski definition) is 1. The fourth-order valence-electron chi connectivity index (χ4n) is 6.71. The van der Waals surface area contributed by atoms with Crippen LogP contribution in [-0.4, -0.2) is 12.2 Å². The average molecular weight is 344 g/mol. The summed E-state index contributed by atoms with van der Waals surface area (Å²) >= 11 is 0. The van der Waals surface area contributed by atoms with Gasteiger partial charge in [0.1, 0.15) is 5.75 Å². The molecule has 2 fully saturated rings. The molecular weight excluding hydrogens is 320 g/mol. The van der Waals surface area contributed by atoms with Gasteiger partial charge in [-0.25, -0.2) is 0 Å². The van der Waals surface area contributed by atoms with Gasteiger partial charge in [0.2, 0.25) is 0 Å². The second-order valence-corrected chi connectivity index (χ2v) is 8.72. The van der Waals surface area contributed by atoms with E-state index >= 15 is 0 Å². The number of methoxy groups -OCH3 is 1. The van der Waals surface area contributed by atoms with Gasteiger partial charge in [-0.1, -0.05) is 36.4 Å². The Morgan fingerprint density at radius 3 is 2.27 bits per heavy atom. The highest BCUT2D eigenvalue weighted by molar-refractivity contribution is 5.82. The van der Waals surface area contributed by atoms with Crippen molar-refractivity contribution in [2.75, 3.05) is 7.11 Å². The van der Waals surface area contributed by atoms with E-state index in [9.17, 15) is 5.11 Å². The predicted molar refractivity (Wildman–Crippen MR) is 102 cm³/mol. The molecule has 2 aromatic rings. The average Bonchev–Trinajstić information content (AvgIpc) is 3.42. The van der Waals surface area contributed by atoms with Gasteiger partial charge in [-0.3, -0.25) is 0 Å². The molecule has 2 bridgehead atoms. The molecule has 2 aromatic carbocycles. The molecule has 4 aliphatic rings. The van der Waals surface area contributed by atoms with Gasteiger partial charge in [-0.2, -0.15) is 0 Å². The summed E-state index contributed by atoms with van der Waals surface area (Å²) in [6.07, 6.45) is 8.82. The molecule has 0 aromatic heterocycles. The zero-order valence-corrected chi connectivity index (χ0v) is 15.1. The summed E-state index contributed by atoms with van der Waals surface area (Å²) in [5.74, 6) is 4.14. The molecule has 0 aliphatic heterocycles. The number of aliphatic hydroxyl groups excluding tert-OH is 1. The van der Waals surface area contributed by atoms with Crippen molar-refractivity contribution >= 4 is 0 Å². The van der Waals surface area contributed by atoms with Gasteiger partial charge >= 0.3 is 0 Å². The van der Waals surface area contributed by atoms with Crippen molar-refractivity contribution in [1.82, 2.24) is 0 Å². The molecule has 4 atom stereocenters. The molecule has 0 saturated heterocycles. The van der Waals surface area contributed by atoms with Crippen molar-refractivity contribution < 1.29 is 9.84 Å². The molecule has 0 radical (unpaired) electrons. The summed E-state index contributed by atoms with van der Waals surface area (Å²) in [6, 6.07) is 13.2. The topological polar surface area (TPSA) is 29.5 Å². The van der Waals surface area contributed by atoms with Crippen LogP contribution in [0.25, 0.3) is 11.1 Å². The normalized spacial score (nSPS) is 35.0. The minimum atomic E-state index is 0.0999. The summed E-state index contributed by atoms with van der Waals surface area (Å²) < 4.78 is 5.58. The van der Waals surface area contributed by atoms with Crippen molar-refractivity contribution in [3.8, 4) is 16.9 Å². The van der Waals surface area contributed by atoms with E-state index in [0.717, 1.165) is 35.0 Å². The Hall–Kier alpha value is -2.06. The van der Waals surface area contributed by atoms with Crippen LogP contribution in [0.4, 0.5) is 0 Å². The van der Waals surface area contributed by atoms with Crippen molar-refractivity contribution in [2.24, 2.45) is 23.7 Å². The third-order valence-corrected chi connectivity index (χ3v) is 7.78. The van der Waals surface area contributed by atoms with E-state index in [2.05, 4.69) is 48.6 Å². The maximum absolute atomic E-state index is 9.72. The monoisotopic (exact) mass is 344 g/mol. The molecule has 0 amide bonds. The quantitative estimate of drug-likeness (QED) is 0.801. The van der Waals surface area contributed by atoms with E-state index in [1.54, 1.807) is 7.11 Å². The predicted octanol–water partition coefficient (Wildman–Crippen LogP) is 4.69. The summed E-state index contributed by atoms with van der Waals surface area (Å²) in [4.78, 5) is 0. The lowest BCUT2D eigenvalue weighted by Crippen LogP contribution is -2.23. The summed E-state index contributed by atoms with van der Waals surface area (Å²) in [6.45, 7) is 0.114. The zero-order chi connectivity index (χ0) is 17.5. The largest absolute Gasteiger partial charge is 0.497 e. The third-order valence-electron chi connectivity index (χ3n) is 7.78. The third kappa shape index (κ3) is 1.71. The van der Waals surface area contributed by atoms with E-state index in [4.69, 9.17) is 4.74 Å². The SMILES string of the molecule is COc1ccc2c(c1)C1(CC3C4C=CC(C4)C3C1)c1cc(CO)ccc1-2. The van der Waals surface area contributed by atoms with Crippen LogP contribution in [0.15, 0.2) is 48.6 Å². The lowest BCUT2D eigenvalue weighted by atomic mass is 9.74. The number of fused-ring (bicyclic) bond motifs is 10. The first kappa shape index (κ1) is 15.0. The molecule has 132 valence electrons. The van der Waals surface area contributed by atoms with Crippen molar-refractivity contribution in [3.63, 3.8) is 0 Å². The summed E-state index contributed by atoms with van der Waals surface area (Å²) in [5.41, 5.74) is 6.76. The first-order valence-corrected chi connectivity index (χ1v) is 9.85. The minimum absolute atomic E-state index is 0.0999. The molecule has 2 nitrogen and oxygen atoms in total. The Kier molecular flexibility index (Phi) is 2.90. The fraction of sp³-hybridized carbons (Fsp3) is 0.417. The van der Waals surface area contributed by atoms with Crippen LogP contribution in [0.3, 0.4) is 0 Å². The van der Waals surface area contributed by atoms with Crippen LogP contribution in [0, 0.1) is 23.7 Å². The molecule has 6 rings (SSSR count). The van der Waals surface area contributed by atoms with Gasteiger partial charge in [0, 0.05) is 5.41 Å². The summed E-state index contributed by atoms with van der Waals surface area (Å²) in [7, 11) is 1.76.